The number of benzene rings is 1. The van der Waals surface area contributed by atoms with Gasteiger partial charge in [-0.1, -0.05) is 12.1 Å². The largest absolute Gasteiger partial charge is 0.497 e. The number of carbonyl (C=O) groups excluding carboxylic acids is 2. The van der Waals surface area contributed by atoms with E-state index in [0.29, 0.717) is 16.8 Å². The maximum atomic E-state index is 13.3. The van der Waals surface area contributed by atoms with Gasteiger partial charge in [0.1, 0.15) is 5.75 Å². The summed E-state index contributed by atoms with van der Waals surface area (Å²) in [7, 11) is 1.60. The normalized spacial score (nSPS) is 11.0. The Morgan fingerprint density at radius 1 is 1.06 bits per heavy atom. The van der Waals surface area contributed by atoms with E-state index in [1.54, 1.807) is 25.6 Å². The lowest BCUT2D eigenvalue weighted by Gasteiger charge is -2.08. The number of hydrogen-bond acceptors (Lipinski definition) is 5. The maximum absolute atomic E-state index is 13.3. The zero-order chi connectivity index (χ0) is 22.7. The zero-order valence-corrected chi connectivity index (χ0v) is 18.2. The van der Waals surface area contributed by atoms with Crippen molar-refractivity contribution in [1.82, 2.24) is 14.5 Å². The van der Waals surface area contributed by atoms with Gasteiger partial charge in [0.2, 0.25) is 5.91 Å². The minimum Gasteiger partial charge on any atom is -0.497 e. The molecule has 0 atom stereocenters. The fraction of sp³-hybridized carbons (Fsp3) is 0.200. The Morgan fingerprint density at radius 3 is 2.56 bits per heavy atom. The molecule has 0 radical (unpaired) electrons. The average molecular weight is 428 g/mol. The van der Waals surface area contributed by atoms with Crippen LogP contribution in [0.4, 0.5) is 5.69 Å². The van der Waals surface area contributed by atoms with Gasteiger partial charge < -0.3 is 14.6 Å². The number of ether oxygens (including phenoxy) is 1. The molecule has 0 aliphatic carbocycles. The first kappa shape index (κ1) is 21.2. The van der Waals surface area contributed by atoms with Crippen molar-refractivity contribution in [3.63, 3.8) is 0 Å². The molecule has 4 rings (SSSR count). The van der Waals surface area contributed by atoms with Crippen molar-refractivity contribution in [2.24, 2.45) is 0 Å². The Labute approximate surface area is 186 Å². The molecular weight excluding hydrogens is 404 g/mol. The van der Waals surface area contributed by atoms with Crippen molar-refractivity contribution in [1.29, 1.82) is 0 Å². The van der Waals surface area contributed by atoms with Gasteiger partial charge in [-0.15, -0.1) is 0 Å². The smallest absolute Gasteiger partial charge is 0.228 e. The van der Waals surface area contributed by atoms with Crippen molar-refractivity contribution in [3.8, 4) is 5.75 Å². The predicted octanol–water partition coefficient (Wildman–Crippen LogP) is 4.43. The van der Waals surface area contributed by atoms with Gasteiger partial charge in [-0.25, -0.2) is 0 Å². The summed E-state index contributed by atoms with van der Waals surface area (Å²) in [5.74, 6) is 0.377. The van der Waals surface area contributed by atoms with Crippen molar-refractivity contribution in [2.45, 2.75) is 26.3 Å². The fourth-order valence-corrected chi connectivity index (χ4v) is 3.63. The van der Waals surface area contributed by atoms with Gasteiger partial charge in [-0.3, -0.25) is 19.6 Å². The molecule has 1 aromatic carbocycles. The van der Waals surface area contributed by atoms with Crippen LogP contribution in [-0.4, -0.2) is 33.3 Å². The first-order chi connectivity index (χ1) is 15.5. The summed E-state index contributed by atoms with van der Waals surface area (Å²) in [4.78, 5) is 34.1. The van der Waals surface area contributed by atoms with E-state index in [0.717, 1.165) is 22.2 Å². The van der Waals surface area contributed by atoms with E-state index < -0.39 is 0 Å². The molecule has 7 heteroatoms. The van der Waals surface area contributed by atoms with E-state index in [-0.39, 0.29) is 24.2 Å². The number of anilines is 1. The molecule has 0 bridgehead atoms. The van der Waals surface area contributed by atoms with Crippen LogP contribution in [0.3, 0.4) is 0 Å². The number of nitrogens with one attached hydrogen (secondary N) is 1. The van der Waals surface area contributed by atoms with Gasteiger partial charge in [0.05, 0.1) is 30.9 Å². The number of aromatic nitrogens is 3. The highest BCUT2D eigenvalue weighted by atomic mass is 16.5. The van der Waals surface area contributed by atoms with E-state index in [4.69, 9.17) is 4.74 Å². The summed E-state index contributed by atoms with van der Waals surface area (Å²) in [6.45, 7) is 4.13. The van der Waals surface area contributed by atoms with E-state index in [9.17, 15) is 9.59 Å². The van der Waals surface area contributed by atoms with Crippen LogP contribution in [-0.2, 0) is 11.2 Å². The molecule has 0 saturated carbocycles. The number of nitrogens with zero attached hydrogens (tertiary/aromatic N) is 3. The van der Waals surface area contributed by atoms with E-state index in [2.05, 4.69) is 33.7 Å². The highest BCUT2D eigenvalue weighted by molar-refractivity contribution is 6.16. The van der Waals surface area contributed by atoms with Gasteiger partial charge >= 0.3 is 0 Å². The molecule has 0 aliphatic rings. The minimum absolute atomic E-state index is 0.166. The monoisotopic (exact) mass is 428 g/mol. The van der Waals surface area contributed by atoms with Crippen molar-refractivity contribution < 1.29 is 14.3 Å². The molecule has 1 N–H and O–H groups in total. The van der Waals surface area contributed by atoms with Crippen LogP contribution >= 0.6 is 0 Å². The second-order valence-corrected chi connectivity index (χ2v) is 7.80. The number of carbonyl (C=O) groups is 2. The third kappa shape index (κ3) is 4.37. The lowest BCUT2D eigenvalue weighted by atomic mass is 10.0. The van der Waals surface area contributed by atoms with E-state index in [1.165, 1.54) is 12.4 Å². The molecule has 3 heterocycles. The summed E-state index contributed by atoms with van der Waals surface area (Å²) < 4.78 is 7.19. The van der Waals surface area contributed by atoms with Crippen LogP contribution in [0.2, 0.25) is 0 Å². The topological polar surface area (TPSA) is 86.1 Å². The Hall–Kier alpha value is -4.00. The molecule has 0 fully saturated rings. The Bertz CT molecular complexity index is 1280. The van der Waals surface area contributed by atoms with E-state index >= 15 is 0 Å². The lowest BCUT2D eigenvalue weighted by molar-refractivity contribution is -0.115. The predicted molar refractivity (Wildman–Crippen MR) is 123 cm³/mol. The standard InChI is InChI=1S/C25H24N4O3/c1-16(2)29-15-22(21-14-26-9-8-23(21)29)25(31)18-11-19(13-27-12-18)28-24(30)10-17-4-6-20(32-3)7-5-17/h4-9,11-16H,10H2,1-3H3,(H,28,30). The van der Waals surface area contributed by atoms with Gasteiger partial charge in [0, 0.05) is 47.3 Å². The molecule has 1 amide bonds. The second-order valence-electron chi connectivity index (χ2n) is 7.80. The van der Waals surface area contributed by atoms with Crippen LogP contribution < -0.4 is 10.1 Å². The first-order valence-corrected chi connectivity index (χ1v) is 10.3. The van der Waals surface area contributed by atoms with Crippen LogP contribution in [0.5, 0.6) is 5.75 Å². The lowest BCUT2D eigenvalue weighted by Crippen LogP contribution is -2.15. The highest BCUT2D eigenvalue weighted by Crippen LogP contribution is 2.26. The molecule has 7 nitrogen and oxygen atoms in total. The molecule has 3 aromatic heterocycles. The molecule has 0 saturated heterocycles. The molecule has 0 aliphatic heterocycles. The fourth-order valence-electron chi connectivity index (χ4n) is 3.63. The SMILES string of the molecule is COc1ccc(CC(=O)Nc2cncc(C(=O)c3cn(C(C)C)c4ccncc34)c2)cc1. The maximum Gasteiger partial charge on any atom is 0.228 e. The zero-order valence-electron chi connectivity index (χ0n) is 18.2. The molecule has 162 valence electrons. The second kappa shape index (κ2) is 9.01. The van der Waals surface area contributed by atoms with Crippen LogP contribution in [0, 0.1) is 0 Å². The average Bonchev–Trinajstić information content (AvgIpc) is 3.19. The van der Waals surface area contributed by atoms with Gasteiger partial charge in [0.25, 0.3) is 0 Å². The highest BCUT2D eigenvalue weighted by Gasteiger charge is 2.19. The summed E-state index contributed by atoms with van der Waals surface area (Å²) in [6, 6.07) is 11.1. The Morgan fingerprint density at radius 2 is 1.84 bits per heavy atom. The van der Waals surface area contributed by atoms with Crippen LogP contribution in [0.1, 0.15) is 41.4 Å². The molecule has 0 unspecified atom stereocenters. The number of pyridine rings is 2. The number of ketones is 1. The van der Waals surface area contributed by atoms with E-state index in [1.807, 2.05) is 36.5 Å². The quantitative estimate of drug-likeness (QED) is 0.440. The van der Waals surface area contributed by atoms with Crippen LogP contribution in [0.25, 0.3) is 10.9 Å². The Balaban J connectivity index is 1.54. The van der Waals surface area contributed by atoms with Gasteiger partial charge in [0.15, 0.2) is 5.78 Å². The van der Waals surface area contributed by atoms with Crippen molar-refractivity contribution in [2.75, 3.05) is 12.4 Å². The van der Waals surface area contributed by atoms with Crippen LogP contribution in [0.15, 0.2) is 67.4 Å². The first-order valence-electron chi connectivity index (χ1n) is 10.3. The van der Waals surface area contributed by atoms with Crippen molar-refractivity contribution in [3.05, 3.63) is 84.1 Å². The third-order valence-corrected chi connectivity index (χ3v) is 5.24. The van der Waals surface area contributed by atoms with Gasteiger partial charge in [-0.2, -0.15) is 0 Å². The summed E-state index contributed by atoms with van der Waals surface area (Å²) in [5, 5.41) is 3.62. The molecular formula is C25H24N4O3. The molecule has 0 spiro atoms. The minimum atomic E-state index is -0.192. The van der Waals surface area contributed by atoms with Crippen molar-refractivity contribution >= 4 is 28.3 Å². The molecule has 32 heavy (non-hydrogen) atoms. The Kier molecular flexibility index (Phi) is 5.98. The molecule has 4 aromatic rings. The van der Waals surface area contributed by atoms with Gasteiger partial charge in [-0.05, 0) is 43.7 Å². The number of methoxy groups -OCH3 is 1. The number of rotatable bonds is 7. The number of fused-ring (bicyclic) bond motifs is 1. The summed E-state index contributed by atoms with van der Waals surface area (Å²) in [6.07, 6.45) is 8.52. The number of amides is 1. The summed E-state index contributed by atoms with van der Waals surface area (Å²) >= 11 is 0. The number of hydrogen-bond donors (Lipinski definition) is 1. The summed E-state index contributed by atoms with van der Waals surface area (Å²) in [5.41, 5.74) is 3.25. The third-order valence-electron chi connectivity index (χ3n) is 5.24.